The number of benzene rings is 2. The predicted octanol–water partition coefficient (Wildman–Crippen LogP) is 4.43. The zero-order chi connectivity index (χ0) is 25.2. The van der Waals surface area contributed by atoms with Crippen LogP contribution in [0, 0.1) is 0 Å². The summed E-state index contributed by atoms with van der Waals surface area (Å²) in [6.45, 7) is 2.22. The number of fused-ring (bicyclic) bond motifs is 2. The smallest absolute Gasteiger partial charge is 0.294 e. The van der Waals surface area contributed by atoms with Crippen LogP contribution in [0.2, 0.25) is 5.02 Å². The van der Waals surface area contributed by atoms with Crippen LogP contribution >= 0.6 is 11.6 Å². The van der Waals surface area contributed by atoms with Gasteiger partial charge in [-0.3, -0.25) is 4.79 Å². The van der Waals surface area contributed by atoms with E-state index < -0.39 is 0 Å². The van der Waals surface area contributed by atoms with Crippen LogP contribution in [0.5, 0.6) is 11.5 Å². The topological polar surface area (TPSA) is 91.1 Å². The van der Waals surface area contributed by atoms with Crippen molar-refractivity contribution in [2.24, 2.45) is 0 Å². The highest BCUT2D eigenvalue weighted by molar-refractivity contribution is 6.30. The third kappa shape index (κ3) is 5.10. The molecule has 0 aliphatic carbocycles. The summed E-state index contributed by atoms with van der Waals surface area (Å²) >= 11 is 6.29. The Morgan fingerprint density at radius 1 is 1.14 bits per heavy atom. The fourth-order valence-electron chi connectivity index (χ4n) is 4.69. The van der Waals surface area contributed by atoms with E-state index >= 15 is 0 Å². The number of rotatable bonds is 5. The van der Waals surface area contributed by atoms with Crippen molar-refractivity contribution >= 4 is 23.3 Å². The van der Waals surface area contributed by atoms with E-state index in [1.807, 2.05) is 36.4 Å². The molecule has 10 heteroatoms. The Morgan fingerprint density at radius 2 is 2.08 bits per heavy atom. The molecule has 0 bridgehead atoms. The number of hydrogen-bond donors (Lipinski definition) is 0. The lowest BCUT2D eigenvalue weighted by Gasteiger charge is -2.24. The first-order valence-corrected chi connectivity index (χ1v) is 12.8. The van der Waals surface area contributed by atoms with Gasteiger partial charge < -0.3 is 19.1 Å². The van der Waals surface area contributed by atoms with Crippen molar-refractivity contribution in [2.75, 3.05) is 26.4 Å². The number of halogens is 1. The molecule has 37 heavy (non-hydrogen) atoms. The van der Waals surface area contributed by atoms with Crippen LogP contribution in [-0.4, -0.2) is 62.9 Å². The number of carbonyl (C=O) groups is 1. The average Bonchev–Trinajstić information content (AvgIpc) is 3.24. The second-order valence-corrected chi connectivity index (χ2v) is 9.58. The Kier molecular flexibility index (Phi) is 6.63. The quantitative estimate of drug-likeness (QED) is 0.385. The zero-order valence-electron chi connectivity index (χ0n) is 20.2. The monoisotopic (exact) mass is 519 g/mol. The Morgan fingerprint density at radius 3 is 2.92 bits per heavy atom. The second-order valence-electron chi connectivity index (χ2n) is 9.15. The van der Waals surface area contributed by atoms with Gasteiger partial charge in [-0.25, -0.2) is 9.50 Å². The van der Waals surface area contributed by atoms with Gasteiger partial charge in [0.1, 0.15) is 13.2 Å². The number of hydrogen-bond acceptors (Lipinski definition) is 7. The molecule has 1 fully saturated rings. The highest BCUT2D eigenvalue weighted by atomic mass is 35.5. The van der Waals surface area contributed by atoms with Crippen LogP contribution in [0.1, 0.15) is 35.4 Å². The van der Waals surface area contributed by atoms with Crippen molar-refractivity contribution in [2.45, 2.75) is 31.9 Å². The van der Waals surface area contributed by atoms with Gasteiger partial charge in [-0.15, -0.1) is 5.10 Å². The molecule has 0 spiro atoms. The molecule has 6 rings (SSSR count). The van der Waals surface area contributed by atoms with E-state index in [1.54, 1.807) is 23.4 Å². The molecule has 1 unspecified atom stereocenters. The molecule has 2 aliphatic rings. The lowest BCUT2D eigenvalue weighted by molar-refractivity contribution is -0.0115. The minimum Gasteiger partial charge on any atom is -0.487 e. The van der Waals surface area contributed by atoms with Crippen molar-refractivity contribution in [1.29, 1.82) is 0 Å². The van der Waals surface area contributed by atoms with Crippen LogP contribution < -0.4 is 9.47 Å². The molecular formula is C27H26ClN5O4. The molecule has 0 saturated carbocycles. The van der Waals surface area contributed by atoms with Gasteiger partial charge in [-0.1, -0.05) is 23.7 Å². The standard InChI is InChI=1S/C27H26ClN5O4/c28-21-6-3-5-18(14-21)19-13-20-16-32(26(34)25-30-27-29-8-4-9-33(27)31-25)10-12-36-24(20)23(15-19)37-17-22-7-1-2-11-35-22/h3-6,8-9,13-15,22H,1-2,7,10-12,16-17H2. The van der Waals surface area contributed by atoms with Crippen molar-refractivity contribution < 1.29 is 19.0 Å². The summed E-state index contributed by atoms with van der Waals surface area (Å²) in [4.78, 5) is 23.5. The van der Waals surface area contributed by atoms with E-state index in [-0.39, 0.29) is 17.8 Å². The van der Waals surface area contributed by atoms with Gasteiger partial charge in [0.05, 0.1) is 19.2 Å². The summed E-state index contributed by atoms with van der Waals surface area (Å²) < 4.78 is 19.8. The van der Waals surface area contributed by atoms with Gasteiger partial charge >= 0.3 is 0 Å². The van der Waals surface area contributed by atoms with Gasteiger partial charge in [0.2, 0.25) is 5.82 Å². The highest BCUT2D eigenvalue weighted by Gasteiger charge is 2.27. The lowest BCUT2D eigenvalue weighted by Crippen LogP contribution is -2.33. The highest BCUT2D eigenvalue weighted by Crippen LogP contribution is 2.39. The van der Waals surface area contributed by atoms with Crippen molar-refractivity contribution in [3.8, 4) is 22.6 Å². The SMILES string of the molecule is O=C(c1nc2ncccn2n1)N1CCOc2c(cc(-c3cccc(Cl)c3)cc2OCC2CCCCO2)C1. The minimum atomic E-state index is -0.284. The number of carbonyl (C=O) groups excluding carboxylic acids is 1. The number of aromatic nitrogens is 4. The molecule has 0 radical (unpaired) electrons. The summed E-state index contributed by atoms with van der Waals surface area (Å²) in [5.41, 5.74) is 2.71. The predicted molar refractivity (Wildman–Crippen MR) is 137 cm³/mol. The van der Waals surface area contributed by atoms with Crippen LogP contribution in [-0.2, 0) is 11.3 Å². The molecule has 2 aromatic carbocycles. The number of ether oxygens (including phenoxy) is 3. The third-order valence-electron chi connectivity index (χ3n) is 6.55. The van der Waals surface area contributed by atoms with E-state index in [0.717, 1.165) is 42.6 Å². The first kappa shape index (κ1) is 23.7. The minimum absolute atomic E-state index is 0.0535. The van der Waals surface area contributed by atoms with Gasteiger partial charge in [-0.2, -0.15) is 4.98 Å². The molecule has 4 aromatic rings. The van der Waals surface area contributed by atoms with Crippen molar-refractivity contribution in [3.05, 3.63) is 71.3 Å². The van der Waals surface area contributed by atoms with Gasteiger partial charge in [-0.05, 0) is 60.7 Å². The summed E-state index contributed by atoms with van der Waals surface area (Å²) in [7, 11) is 0. The van der Waals surface area contributed by atoms with Gasteiger partial charge in [0, 0.05) is 29.6 Å². The summed E-state index contributed by atoms with van der Waals surface area (Å²) in [5, 5.41) is 4.95. The average molecular weight is 520 g/mol. The Hall–Kier alpha value is -3.69. The lowest BCUT2D eigenvalue weighted by atomic mass is 10.0. The molecule has 1 amide bonds. The summed E-state index contributed by atoms with van der Waals surface area (Å²) in [6, 6.07) is 13.4. The van der Waals surface area contributed by atoms with Crippen molar-refractivity contribution in [1.82, 2.24) is 24.5 Å². The van der Waals surface area contributed by atoms with Crippen LogP contribution in [0.4, 0.5) is 0 Å². The van der Waals surface area contributed by atoms with Gasteiger partial charge in [0.25, 0.3) is 11.7 Å². The largest absolute Gasteiger partial charge is 0.487 e. The van der Waals surface area contributed by atoms with Gasteiger partial charge in [0.15, 0.2) is 11.5 Å². The molecule has 2 aromatic heterocycles. The first-order chi connectivity index (χ1) is 18.1. The van der Waals surface area contributed by atoms with Crippen LogP contribution in [0.3, 0.4) is 0 Å². The maximum absolute atomic E-state index is 13.4. The molecule has 2 aliphatic heterocycles. The number of nitrogens with zero attached hydrogens (tertiary/aromatic N) is 5. The fraction of sp³-hybridized carbons (Fsp3) is 0.333. The van der Waals surface area contributed by atoms with E-state index in [2.05, 4.69) is 15.1 Å². The van der Waals surface area contributed by atoms with Crippen LogP contribution in [0.15, 0.2) is 54.9 Å². The summed E-state index contributed by atoms with van der Waals surface area (Å²) in [6.07, 6.45) is 6.57. The zero-order valence-corrected chi connectivity index (χ0v) is 20.9. The van der Waals surface area contributed by atoms with Crippen LogP contribution in [0.25, 0.3) is 16.9 Å². The Balaban J connectivity index is 1.33. The molecule has 0 N–H and O–H groups in total. The molecule has 190 valence electrons. The van der Waals surface area contributed by atoms with E-state index in [1.165, 1.54) is 4.52 Å². The van der Waals surface area contributed by atoms with Crippen molar-refractivity contribution in [3.63, 3.8) is 0 Å². The fourth-order valence-corrected chi connectivity index (χ4v) is 4.88. The second kappa shape index (κ2) is 10.4. The molecule has 1 saturated heterocycles. The molecule has 4 heterocycles. The molecular weight excluding hydrogens is 494 g/mol. The summed E-state index contributed by atoms with van der Waals surface area (Å²) in [5.74, 6) is 1.46. The number of amides is 1. The van der Waals surface area contributed by atoms with E-state index in [4.69, 9.17) is 25.8 Å². The Bertz CT molecular complexity index is 1400. The molecule has 1 atom stereocenters. The third-order valence-corrected chi connectivity index (χ3v) is 6.79. The van der Waals surface area contributed by atoms with E-state index in [9.17, 15) is 4.79 Å². The molecule has 9 nitrogen and oxygen atoms in total. The maximum Gasteiger partial charge on any atom is 0.294 e. The first-order valence-electron chi connectivity index (χ1n) is 12.4. The maximum atomic E-state index is 13.4. The normalized spacial score (nSPS) is 17.6. The van der Waals surface area contributed by atoms with E-state index in [0.29, 0.717) is 48.6 Å². The Labute approximate surface area is 218 Å².